The second-order valence-corrected chi connectivity index (χ2v) is 5.19. The van der Waals surface area contributed by atoms with E-state index in [1.165, 1.54) is 12.1 Å². The van der Waals surface area contributed by atoms with E-state index in [9.17, 15) is 13.2 Å². The third kappa shape index (κ3) is 3.56. The average molecular weight is 288 g/mol. The lowest BCUT2D eigenvalue weighted by molar-refractivity contribution is -0.139. The van der Waals surface area contributed by atoms with Gasteiger partial charge in [-0.15, -0.1) is 0 Å². The van der Waals surface area contributed by atoms with Gasteiger partial charge in [-0.3, -0.25) is 0 Å². The van der Waals surface area contributed by atoms with Gasteiger partial charge in [0.15, 0.2) is 0 Å². The minimum atomic E-state index is -4.46. The lowest BCUT2D eigenvalue weighted by Crippen LogP contribution is -2.40. The zero-order chi connectivity index (χ0) is 14.8. The number of ether oxygens (including phenoxy) is 1. The standard InChI is InChI=1S/C14H19F3N2O/c1-19-7-3-2-4-11(19)9-20-13-6-5-10(18)8-12(13)14(15,16)17/h5-6,8,11H,2-4,7,9,18H2,1H3. The Morgan fingerprint density at radius 2 is 2.10 bits per heavy atom. The normalized spacial score (nSPS) is 20.9. The maximum absolute atomic E-state index is 12.9. The Labute approximate surface area is 116 Å². The Morgan fingerprint density at radius 3 is 2.75 bits per heavy atom. The molecular formula is C14H19F3N2O. The van der Waals surface area contributed by atoms with E-state index in [-0.39, 0.29) is 24.1 Å². The SMILES string of the molecule is CN1CCCCC1COc1ccc(N)cc1C(F)(F)F. The van der Waals surface area contributed by atoms with E-state index in [1.807, 2.05) is 7.05 Å². The van der Waals surface area contributed by atoms with Crippen LogP contribution < -0.4 is 10.5 Å². The topological polar surface area (TPSA) is 38.5 Å². The molecule has 1 atom stereocenters. The van der Waals surface area contributed by atoms with Gasteiger partial charge in [0.1, 0.15) is 12.4 Å². The molecule has 1 aliphatic heterocycles. The number of likely N-dealkylation sites (tertiary alicyclic amines) is 1. The van der Waals surface area contributed by atoms with E-state index < -0.39 is 11.7 Å². The molecular weight excluding hydrogens is 269 g/mol. The molecule has 1 aromatic carbocycles. The number of rotatable bonds is 3. The van der Waals surface area contributed by atoms with Crippen LogP contribution in [-0.2, 0) is 6.18 Å². The molecule has 1 aliphatic rings. The molecule has 3 nitrogen and oxygen atoms in total. The minimum Gasteiger partial charge on any atom is -0.491 e. The first kappa shape index (κ1) is 15.0. The van der Waals surface area contributed by atoms with Crippen molar-refractivity contribution in [1.82, 2.24) is 4.90 Å². The first-order valence-corrected chi connectivity index (χ1v) is 6.67. The summed E-state index contributed by atoms with van der Waals surface area (Å²) in [6, 6.07) is 3.80. The van der Waals surface area contributed by atoms with Crippen LogP contribution in [0.2, 0.25) is 0 Å². The highest BCUT2D eigenvalue weighted by Gasteiger charge is 2.35. The summed E-state index contributed by atoms with van der Waals surface area (Å²) >= 11 is 0. The number of alkyl halides is 3. The van der Waals surface area contributed by atoms with Crippen LogP contribution in [0.5, 0.6) is 5.75 Å². The predicted octanol–water partition coefficient (Wildman–Crippen LogP) is 3.15. The van der Waals surface area contributed by atoms with Crippen LogP contribution in [0.4, 0.5) is 18.9 Å². The van der Waals surface area contributed by atoms with Crippen LogP contribution in [0.3, 0.4) is 0 Å². The van der Waals surface area contributed by atoms with E-state index >= 15 is 0 Å². The Bertz CT molecular complexity index is 462. The van der Waals surface area contributed by atoms with Gasteiger partial charge in [-0.25, -0.2) is 0 Å². The molecule has 1 saturated heterocycles. The zero-order valence-electron chi connectivity index (χ0n) is 11.4. The molecule has 0 saturated carbocycles. The van der Waals surface area contributed by atoms with E-state index in [1.54, 1.807) is 0 Å². The second kappa shape index (κ2) is 5.91. The highest BCUT2D eigenvalue weighted by atomic mass is 19.4. The van der Waals surface area contributed by atoms with Crippen molar-refractivity contribution in [1.29, 1.82) is 0 Å². The maximum Gasteiger partial charge on any atom is 0.420 e. The number of nitrogens with two attached hydrogens (primary N) is 1. The first-order valence-electron chi connectivity index (χ1n) is 6.67. The average Bonchev–Trinajstić information content (AvgIpc) is 2.38. The quantitative estimate of drug-likeness (QED) is 0.868. The lowest BCUT2D eigenvalue weighted by atomic mass is 10.0. The van der Waals surface area contributed by atoms with Gasteiger partial charge in [-0.1, -0.05) is 6.42 Å². The van der Waals surface area contributed by atoms with Gasteiger partial charge in [0.05, 0.1) is 5.56 Å². The number of anilines is 1. The van der Waals surface area contributed by atoms with Crippen molar-refractivity contribution in [2.24, 2.45) is 0 Å². The van der Waals surface area contributed by atoms with E-state index in [0.29, 0.717) is 0 Å². The molecule has 1 aromatic rings. The van der Waals surface area contributed by atoms with Crippen molar-refractivity contribution in [3.05, 3.63) is 23.8 Å². The smallest absolute Gasteiger partial charge is 0.420 e. The highest BCUT2D eigenvalue weighted by Crippen LogP contribution is 2.37. The molecule has 0 spiro atoms. The molecule has 0 bridgehead atoms. The minimum absolute atomic E-state index is 0.0828. The lowest BCUT2D eigenvalue weighted by Gasteiger charge is -2.32. The second-order valence-electron chi connectivity index (χ2n) is 5.19. The monoisotopic (exact) mass is 288 g/mol. The summed E-state index contributed by atoms with van der Waals surface area (Å²) in [5.74, 6) is -0.148. The summed E-state index contributed by atoms with van der Waals surface area (Å²) in [4.78, 5) is 2.13. The zero-order valence-corrected chi connectivity index (χ0v) is 11.4. The summed E-state index contributed by atoms with van der Waals surface area (Å²) in [5, 5.41) is 0. The number of nitrogen functional groups attached to an aromatic ring is 1. The Balaban J connectivity index is 2.09. The van der Waals surface area contributed by atoms with Gasteiger partial charge >= 0.3 is 6.18 Å². The fourth-order valence-electron chi connectivity index (χ4n) is 2.44. The van der Waals surface area contributed by atoms with Gasteiger partial charge in [-0.2, -0.15) is 13.2 Å². The summed E-state index contributed by atoms with van der Waals surface area (Å²) in [6.07, 6.45) is -1.29. The number of piperidine rings is 1. The fourth-order valence-corrected chi connectivity index (χ4v) is 2.44. The molecule has 1 fully saturated rings. The molecule has 1 heterocycles. The number of hydrogen-bond acceptors (Lipinski definition) is 3. The van der Waals surface area contributed by atoms with E-state index in [2.05, 4.69) is 4.90 Å². The van der Waals surface area contributed by atoms with Gasteiger partial charge in [0, 0.05) is 11.7 Å². The molecule has 2 rings (SSSR count). The Morgan fingerprint density at radius 1 is 1.35 bits per heavy atom. The van der Waals surface area contributed by atoms with Gasteiger partial charge < -0.3 is 15.4 Å². The summed E-state index contributed by atoms with van der Waals surface area (Å²) < 4.78 is 44.2. The third-order valence-corrected chi connectivity index (χ3v) is 3.66. The fraction of sp³-hybridized carbons (Fsp3) is 0.571. The molecule has 2 N–H and O–H groups in total. The summed E-state index contributed by atoms with van der Waals surface area (Å²) in [6.45, 7) is 1.23. The van der Waals surface area contributed by atoms with Gasteiger partial charge in [0.2, 0.25) is 0 Å². The number of hydrogen-bond donors (Lipinski definition) is 1. The highest BCUT2D eigenvalue weighted by molar-refractivity contribution is 5.49. The number of likely N-dealkylation sites (N-methyl/N-ethyl adjacent to an activating group) is 1. The third-order valence-electron chi connectivity index (χ3n) is 3.66. The molecule has 0 radical (unpaired) electrons. The molecule has 6 heteroatoms. The maximum atomic E-state index is 12.9. The summed E-state index contributed by atoms with van der Waals surface area (Å²) in [7, 11) is 1.97. The Hall–Kier alpha value is -1.43. The molecule has 0 amide bonds. The number of benzene rings is 1. The van der Waals surface area contributed by atoms with E-state index in [0.717, 1.165) is 31.9 Å². The summed E-state index contributed by atoms with van der Waals surface area (Å²) in [5.41, 5.74) is 4.69. The van der Waals surface area contributed by atoms with Crippen LogP contribution in [0, 0.1) is 0 Å². The van der Waals surface area contributed by atoms with Crippen molar-refractivity contribution >= 4 is 5.69 Å². The number of nitrogens with zero attached hydrogens (tertiary/aromatic N) is 1. The predicted molar refractivity (Wildman–Crippen MR) is 71.6 cm³/mol. The molecule has 0 aliphatic carbocycles. The molecule has 1 unspecified atom stereocenters. The van der Waals surface area contributed by atoms with Crippen molar-refractivity contribution in [3.8, 4) is 5.75 Å². The largest absolute Gasteiger partial charge is 0.491 e. The van der Waals surface area contributed by atoms with Crippen molar-refractivity contribution < 1.29 is 17.9 Å². The first-order chi connectivity index (χ1) is 9.38. The van der Waals surface area contributed by atoms with Crippen LogP contribution in [0.15, 0.2) is 18.2 Å². The van der Waals surface area contributed by atoms with Crippen molar-refractivity contribution in [2.75, 3.05) is 25.9 Å². The number of halogens is 3. The van der Waals surface area contributed by atoms with Crippen LogP contribution in [-0.4, -0.2) is 31.1 Å². The van der Waals surface area contributed by atoms with E-state index in [4.69, 9.17) is 10.5 Å². The molecule has 20 heavy (non-hydrogen) atoms. The van der Waals surface area contributed by atoms with Crippen LogP contribution >= 0.6 is 0 Å². The van der Waals surface area contributed by atoms with Crippen LogP contribution in [0.25, 0.3) is 0 Å². The Kier molecular flexibility index (Phi) is 4.42. The molecule has 112 valence electrons. The van der Waals surface area contributed by atoms with Crippen molar-refractivity contribution in [3.63, 3.8) is 0 Å². The van der Waals surface area contributed by atoms with Crippen LogP contribution in [0.1, 0.15) is 24.8 Å². The van der Waals surface area contributed by atoms with Gasteiger partial charge in [0.25, 0.3) is 0 Å². The van der Waals surface area contributed by atoms with Crippen molar-refractivity contribution in [2.45, 2.75) is 31.5 Å². The van der Waals surface area contributed by atoms with Gasteiger partial charge in [-0.05, 0) is 44.6 Å². The molecule has 0 aromatic heterocycles.